The summed E-state index contributed by atoms with van der Waals surface area (Å²) in [7, 11) is -3.40. The molecule has 0 unspecified atom stereocenters. The number of hydrogen-bond donors (Lipinski definition) is 1. The molecule has 3 rings (SSSR count). The number of benzene rings is 1. The maximum Gasteiger partial charge on any atom is 0.233 e. The summed E-state index contributed by atoms with van der Waals surface area (Å²) in [4.78, 5) is 16.6. The van der Waals surface area contributed by atoms with E-state index in [-0.39, 0.29) is 35.2 Å². The van der Waals surface area contributed by atoms with Gasteiger partial charge in [-0.3, -0.25) is 4.79 Å². The van der Waals surface area contributed by atoms with E-state index in [9.17, 15) is 26.4 Å². The molecule has 10 heteroatoms. The number of amides is 1. The zero-order valence-corrected chi connectivity index (χ0v) is 16.6. The average Bonchev–Trinajstić information content (AvgIpc) is 3.17. The first-order valence-electron chi connectivity index (χ1n) is 8.64. The second kappa shape index (κ2) is 8.20. The Morgan fingerprint density at radius 1 is 1.25 bits per heavy atom. The largest absolute Gasteiger partial charge is 0.301 e. The molecule has 1 aromatic heterocycles. The number of sulfone groups is 1. The van der Waals surface area contributed by atoms with Crippen molar-refractivity contribution in [1.29, 1.82) is 0 Å². The molecule has 1 heterocycles. The lowest BCUT2D eigenvalue weighted by molar-refractivity contribution is -0.118. The first-order valence-corrected chi connectivity index (χ1v) is 11.3. The smallest absolute Gasteiger partial charge is 0.233 e. The molecule has 28 heavy (non-hydrogen) atoms. The van der Waals surface area contributed by atoms with Crippen molar-refractivity contribution in [2.45, 2.75) is 42.4 Å². The van der Waals surface area contributed by atoms with E-state index >= 15 is 0 Å². The van der Waals surface area contributed by atoms with Crippen molar-refractivity contribution in [2.24, 2.45) is 5.92 Å². The van der Waals surface area contributed by atoms with Gasteiger partial charge in [0.25, 0.3) is 0 Å². The third kappa shape index (κ3) is 4.91. The fourth-order valence-corrected chi connectivity index (χ4v) is 4.58. The van der Waals surface area contributed by atoms with Crippen molar-refractivity contribution in [3.8, 4) is 0 Å². The van der Waals surface area contributed by atoms with Crippen LogP contribution in [0, 0.1) is 11.0 Å². The summed E-state index contributed by atoms with van der Waals surface area (Å²) in [6.45, 7) is 0. The first kappa shape index (κ1) is 20.8. The normalized spacial score (nSPS) is 21.6. The molecule has 0 spiro atoms. The summed E-state index contributed by atoms with van der Waals surface area (Å²) in [6.07, 6.45) is -0.794. The number of halogens is 3. The Morgan fingerprint density at radius 2 is 1.86 bits per heavy atom. The second-order valence-electron chi connectivity index (χ2n) is 6.96. The van der Waals surface area contributed by atoms with Crippen LogP contribution in [0.2, 0.25) is 0 Å². The minimum Gasteiger partial charge on any atom is -0.301 e. The van der Waals surface area contributed by atoms with Gasteiger partial charge in [-0.2, -0.15) is 4.39 Å². The van der Waals surface area contributed by atoms with Crippen LogP contribution in [0.3, 0.4) is 0 Å². The SMILES string of the molecule is CS(=O)(=O)c1ccc([C@@H](CC2C[C@@H](F)[C@H](F)C2)C(=O)Nc2ncc(F)s2)cc1. The maximum absolute atomic E-state index is 13.6. The van der Waals surface area contributed by atoms with Gasteiger partial charge in [0.15, 0.2) is 20.1 Å². The Hall–Kier alpha value is -1.94. The van der Waals surface area contributed by atoms with E-state index in [0.717, 1.165) is 12.5 Å². The van der Waals surface area contributed by atoms with Crippen LogP contribution in [0.4, 0.5) is 18.3 Å². The van der Waals surface area contributed by atoms with Crippen LogP contribution in [0.1, 0.15) is 30.7 Å². The van der Waals surface area contributed by atoms with Crippen molar-refractivity contribution in [1.82, 2.24) is 4.98 Å². The molecule has 1 aliphatic rings. The summed E-state index contributed by atoms with van der Waals surface area (Å²) in [5.41, 5.74) is 0.514. The first-order chi connectivity index (χ1) is 13.1. The summed E-state index contributed by atoms with van der Waals surface area (Å²) < 4.78 is 63.5. The number of anilines is 1. The molecule has 0 saturated heterocycles. The zero-order valence-electron chi connectivity index (χ0n) is 14.9. The monoisotopic (exact) mass is 432 g/mol. The van der Waals surface area contributed by atoms with E-state index in [1.54, 1.807) is 0 Å². The van der Waals surface area contributed by atoms with Gasteiger partial charge in [-0.25, -0.2) is 22.2 Å². The number of nitrogens with zero attached hydrogens (tertiary/aromatic N) is 1. The van der Waals surface area contributed by atoms with Crippen molar-refractivity contribution < 1.29 is 26.4 Å². The molecule has 1 fully saturated rings. The molecular formula is C18H19F3N2O3S2. The van der Waals surface area contributed by atoms with E-state index in [1.807, 2.05) is 0 Å². The topological polar surface area (TPSA) is 76.1 Å². The second-order valence-corrected chi connectivity index (χ2v) is 9.95. The Balaban J connectivity index is 1.84. The summed E-state index contributed by atoms with van der Waals surface area (Å²) in [5, 5.41) is 2.05. The molecule has 1 aliphatic carbocycles. The van der Waals surface area contributed by atoms with Gasteiger partial charge in [0.1, 0.15) is 12.3 Å². The highest BCUT2D eigenvalue weighted by Gasteiger charge is 2.37. The third-order valence-corrected chi connectivity index (χ3v) is 6.64. The van der Waals surface area contributed by atoms with Gasteiger partial charge in [0.05, 0.1) is 17.0 Å². The molecule has 1 saturated carbocycles. The fourth-order valence-electron chi connectivity index (χ4n) is 3.40. The van der Waals surface area contributed by atoms with Crippen LogP contribution in [0.5, 0.6) is 0 Å². The molecular weight excluding hydrogens is 413 g/mol. The molecule has 3 atom stereocenters. The number of aromatic nitrogens is 1. The maximum atomic E-state index is 13.6. The molecule has 0 radical (unpaired) electrons. The highest BCUT2D eigenvalue weighted by Crippen LogP contribution is 2.38. The van der Waals surface area contributed by atoms with Gasteiger partial charge in [-0.15, -0.1) is 0 Å². The fraction of sp³-hybridized carbons (Fsp3) is 0.444. The standard InChI is InChI=1S/C18H19F3N2O3S2/c1-28(25,26)12-4-2-11(3-5-12)13(6-10-7-14(19)15(20)8-10)17(24)23-18-22-9-16(21)27-18/h2-5,9-10,13-15H,6-8H2,1H3,(H,22,23,24)/t13-,14-,15-/m1/s1. The van der Waals surface area contributed by atoms with Crippen LogP contribution < -0.4 is 5.32 Å². The number of nitrogens with one attached hydrogen (secondary N) is 1. The molecule has 2 aromatic rings. The van der Waals surface area contributed by atoms with Crippen molar-refractivity contribution in [3.63, 3.8) is 0 Å². The molecule has 152 valence electrons. The summed E-state index contributed by atoms with van der Waals surface area (Å²) >= 11 is 0.669. The quantitative estimate of drug-likeness (QED) is 0.752. The van der Waals surface area contributed by atoms with Crippen molar-refractivity contribution >= 4 is 32.2 Å². The average molecular weight is 432 g/mol. The predicted octanol–water partition coefficient (Wildman–Crippen LogP) is 3.88. The Labute approximate surface area is 164 Å². The number of carbonyl (C=O) groups excluding carboxylic acids is 1. The van der Waals surface area contributed by atoms with Gasteiger partial charge in [0.2, 0.25) is 5.91 Å². The molecule has 0 aliphatic heterocycles. The van der Waals surface area contributed by atoms with Crippen LogP contribution in [-0.4, -0.2) is 37.9 Å². The Morgan fingerprint density at radius 3 is 2.36 bits per heavy atom. The van der Waals surface area contributed by atoms with Gasteiger partial charge >= 0.3 is 0 Å². The van der Waals surface area contributed by atoms with Gasteiger partial charge in [-0.05, 0) is 42.9 Å². The van der Waals surface area contributed by atoms with E-state index in [2.05, 4.69) is 10.3 Å². The lowest BCUT2D eigenvalue weighted by atomic mass is 9.87. The van der Waals surface area contributed by atoms with E-state index in [4.69, 9.17) is 0 Å². The number of carbonyl (C=O) groups is 1. The van der Waals surface area contributed by atoms with Crippen LogP contribution in [-0.2, 0) is 14.6 Å². The number of hydrogen-bond acceptors (Lipinski definition) is 5. The Kier molecular flexibility index (Phi) is 6.09. The predicted molar refractivity (Wildman–Crippen MR) is 100 cm³/mol. The van der Waals surface area contributed by atoms with Gasteiger partial charge < -0.3 is 5.32 Å². The van der Waals surface area contributed by atoms with Crippen molar-refractivity contribution in [2.75, 3.05) is 11.6 Å². The van der Waals surface area contributed by atoms with E-state index in [1.165, 1.54) is 24.3 Å². The lowest BCUT2D eigenvalue weighted by Gasteiger charge is -2.20. The molecule has 1 N–H and O–H groups in total. The molecule has 5 nitrogen and oxygen atoms in total. The van der Waals surface area contributed by atoms with Crippen LogP contribution in [0.25, 0.3) is 0 Å². The minimum atomic E-state index is -3.40. The summed E-state index contributed by atoms with van der Waals surface area (Å²) in [6, 6.07) is 5.80. The highest BCUT2D eigenvalue weighted by atomic mass is 32.2. The number of rotatable bonds is 6. The van der Waals surface area contributed by atoms with Crippen LogP contribution in [0.15, 0.2) is 35.4 Å². The molecule has 1 amide bonds. The highest BCUT2D eigenvalue weighted by molar-refractivity contribution is 7.90. The van der Waals surface area contributed by atoms with Crippen LogP contribution >= 0.6 is 11.3 Å². The molecule has 1 aromatic carbocycles. The van der Waals surface area contributed by atoms with Crippen molar-refractivity contribution in [3.05, 3.63) is 41.2 Å². The molecule has 0 bridgehead atoms. The zero-order chi connectivity index (χ0) is 20.5. The lowest BCUT2D eigenvalue weighted by Crippen LogP contribution is -2.23. The summed E-state index contributed by atoms with van der Waals surface area (Å²) in [5.74, 6) is -1.59. The Bertz CT molecular complexity index is 937. The number of alkyl halides is 2. The van der Waals surface area contributed by atoms with Gasteiger partial charge in [0, 0.05) is 6.26 Å². The minimum absolute atomic E-state index is 0.0260. The van der Waals surface area contributed by atoms with E-state index in [0.29, 0.717) is 16.9 Å². The third-order valence-electron chi connectivity index (χ3n) is 4.81. The van der Waals surface area contributed by atoms with Gasteiger partial charge in [-0.1, -0.05) is 23.5 Å². The number of thiazole rings is 1. The van der Waals surface area contributed by atoms with E-state index < -0.39 is 39.1 Å².